The van der Waals surface area contributed by atoms with Crippen LogP contribution in [0, 0.1) is 0 Å². The van der Waals surface area contributed by atoms with Gasteiger partial charge in [-0.3, -0.25) is 0 Å². The SMILES string of the molecule is COc1cc2c(c(OC)c1OC)C(C[C@H]1CCCN1C)CN2. The molecule has 2 aliphatic heterocycles. The molecular weight excluding hydrogens is 280 g/mol. The Bertz CT molecular complexity index is 547. The zero-order valence-corrected chi connectivity index (χ0v) is 13.9. The minimum atomic E-state index is 0.454. The smallest absolute Gasteiger partial charge is 0.203 e. The summed E-state index contributed by atoms with van der Waals surface area (Å²) in [7, 11) is 7.25. The number of likely N-dealkylation sites (tertiary alicyclic amines) is 1. The Labute approximate surface area is 132 Å². The van der Waals surface area contributed by atoms with Gasteiger partial charge in [-0.1, -0.05) is 0 Å². The van der Waals surface area contributed by atoms with Crippen LogP contribution in [0.3, 0.4) is 0 Å². The Hall–Kier alpha value is -1.62. The van der Waals surface area contributed by atoms with Crippen molar-refractivity contribution in [3.8, 4) is 17.2 Å². The van der Waals surface area contributed by atoms with Crippen LogP contribution in [0.5, 0.6) is 17.2 Å². The van der Waals surface area contributed by atoms with Gasteiger partial charge in [0.25, 0.3) is 0 Å². The van der Waals surface area contributed by atoms with E-state index in [2.05, 4.69) is 17.3 Å². The first kappa shape index (κ1) is 15.3. The van der Waals surface area contributed by atoms with E-state index in [-0.39, 0.29) is 0 Å². The van der Waals surface area contributed by atoms with E-state index in [1.807, 2.05) is 6.07 Å². The highest BCUT2D eigenvalue weighted by molar-refractivity contribution is 5.72. The summed E-state index contributed by atoms with van der Waals surface area (Å²) >= 11 is 0. The van der Waals surface area contributed by atoms with Crippen molar-refractivity contribution < 1.29 is 14.2 Å². The van der Waals surface area contributed by atoms with Gasteiger partial charge in [0.1, 0.15) is 0 Å². The molecule has 0 bridgehead atoms. The van der Waals surface area contributed by atoms with Gasteiger partial charge in [0.05, 0.1) is 21.3 Å². The van der Waals surface area contributed by atoms with Gasteiger partial charge in [-0.2, -0.15) is 0 Å². The third kappa shape index (κ3) is 2.47. The lowest BCUT2D eigenvalue weighted by molar-refractivity contribution is 0.282. The lowest BCUT2D eigenvalue weighted by atomic mass is 9.91. The zero-order valence-electron chi connectivity index (χ0n) is 13.9. The number of nitrogens with zero attached hydrogens (tertiary/aromatic N) is 1. The fourth-order valence-electron chi connectivity index (χ4n) is 3.87. The van der Waals surface area contributed by atoms with Crippen LogP contribution < -0.4 is 19.5 Å². The number of ether oxygens (including phenoxy) is 3. The molecule has 0 amide bonds. The number of methoxy groups -OCH3 is 3. The maximum Gasteiger partial charge on any atom is 0.203 e. The maximum atomic E-state index is 5.68. The van der Waals surface area contributed by atoms with Crippen LogP contribution in [0.25, 0.3) is 0 Å². The summed E-state index contributed by atoms with van der Waals surface area (Å²) in [5, 5.41) is 3.51. The number of hydrogen-bond donors (Lipinski definition) is 1. The monoisotopic (exact) mass is 306 g/mol. The summed E-state index contributed by atoms with van der Waals surface area (Å²) in [5.74, 6) is 2.67. The number of benzene rings is 1. The van der Waals surface area contributed by atoms with Crippen LogP contribution in [-0.4, -0.2) is 52.4 Å². The fraction of sp³-hybridized carbons (Fsp3) is 0.647. The van der Waals surface area contributed by atoms with E-state index < -0.39 is 0 Å². The van der Waals surface area contributed by atoms with Crippen molar-refractivity contribution in [2.24, 2.45) is 0 Å². The van der Waals surface area contributed by atoms with Gasteiger partial charge >= 0.3 is 0 Å². The van der Waals surface area contributed by atoms with Crippen molar-refractivity contribution in [3.63, 3.8) is 0 Å². The average molecular weight is 306 g/mol. The van der Waals surface area contributed by atoms with Gasteiger partial charge < -0.3 is 24.4 Å². The van der Waals surface area contributed by atoms with Gasteiger partial charge in [0.2, 0.25) is 5.75 Å². The van der Waals surface area contributed by atoms with Crippen LogP contribution in [-0.2, 0) is 0 Å². The first-order chi connectivity index (χ1) is 10.7. The van der Waals surface area contributed by atoms with Crippen molar-refractivity contribution in [3.05, 3.63) is 11.6 Å². The van der Waals surface area contributed by atoms with Gasteiger partial charge in [-0.15, -0.1) is 0 Å². The molecule has 1 fully saturated rings. The zero-order chi connectivity index (χ0) is 15.7. The van der Waals surface area contributed by atoms with Gasteiger partial charge in [0, 0.05) is 35.8 Å². The van der Waals surface area contributed by atoms with Gasteiger partial charge in [-0.05, 0) is 32.9 Å². The third-order valence-corrected chi connectivity index (χ3v) is 5.04. The molecule has 2 heterocycles. The molecule has 0 aliphatic carbocycles. The molecule has 1 N–H and O–H groups in total. The lowest BCUT2D eigenvalue weighted by Crippen LogP contribution is -2.27. The second-order valence-corrected chi connectivity index (χ2v) is 6.20. The normalized spacial score (nSPS) is 24.0. The number of fused-ring (bicyclic) bond motifs is 1. The largest absolute Gasteiger partial charge is 0.493 e. The summed E-state index contributed by atoms with van der Waals surface area (Å²) < 4.78 is 16.7. The van der Waals surface area contributed by atoms with Gasteiger partial charge in [-0.25, -0.2) is 0 Å². The Kier molecular flexibility index (Phi) is 4.34. The molecule has 5 heteroatoms. The van der Waals surface area contributed by atoms with Crippen LogP contribution >= 0.6 is 0 Å². The van der Waals surface area contributed by atoms with Crippen LogP contribution in [0.1, 0.15) is 30.7 Å². The van der Waals surface area contributed by atoms with Crippen LogP contribution in [0.4, 0.5) is 5.69 Å². The molecule has 3 rings (SSSR count). The number of nitrogens with one attached hydrogen (secondary N) is 1. The molecule has 1 aromatic rings. The van der Waals surface area contributed by atoms with Crippen molar-refractivity contribution in [2.45, 2.75) is 31.2 Å². The molecule has 0 radical (unpaired) electrons. The van der Waals surface area contributed by atoms with E-state index in [9.17, 15) is 0 Å². The molecule has 0 spiro atoms. The van der Waals surface area contributed by atoms with Crippen molar-refractivity contribution >= 4 is 5.69 Å². The first-order valence-corrected chi connectivity index (χ1v) is 7.96. The van der Waals surface area contributed by atoms with Crippen LogP contribution in [0.2, 0.25) is 0 Å². The second kappa shape index (κ2) is 6.24. The van der Waals surface area contributed by atoms with E-state index >= 15 is 0 Å². The first-order valence-electron chi connectivity index (χ1n) is 7.96. The molecule has 0 saturated carbocycles. The highest BCUT2D eigenvalue weighted by Gasteiger charge is 2.34. The molecule has 2 atom stereocenters. The van der Waals surface area contributed by atoms with Crippen molar-refractivity contribution in [1.29, 1.82) is 0 Å². The molecular formula is C17H26N2O3. The molecule has 1 unspecified atom stereocenters. The van der Waals surface area contributed by atoms with Gasteiger partial charge in [0.15, 0.2) is 11.5 Å². The maximum absolute atomic E-state index is 5.68. The minimum Gasteiger partial charge on any atom is -0.493 e. The predicted molar refractivity (Wildman–Crippen MR) is 87.6 cm³/mol. The predicted octanol–water partition coefficient (Wildman–Crippen LogP) is 2.71. The summed E-state index contributed by atoms with van der Waals surface area (Å²) in [6.07, 6.45) is 3.75. The Balaban J connectivity index is 1.94. The van der Waals surface area contributed by atoms with E-state index in [0.29, 0.717) is 23.5 Å². The molecule has 22 heavy (non-hydrogen) atoms. The average Bonchev–Trinajstić information content (AvgIpc) is 3.12. The summed E-state index contributed by atoms with van der Waals surface area (Å²) in [6.45, 7) is 2.16. The summed E-state index contributed by atoms with van der Waals surface area (Å²) in [6, 6.07) is 2.69. The number of hydrogen-bond acceptors (Lipinski definition) is 5. The highest BCUT2D eigenvalue weighted by atomic mass is 16.5. The van der Waals surface area contributed by atoms with Crippen molar-refractivity contribution in [2.75, 3.05) is 46.8 Å². The van der Waals surface area contributed by atoms with E-state index in [4.69, 9.17) is 14.2 Å². The standard InChI is InChI=1S/C17H26N2O3/c1-19-7-5-6-12(19)8-11-10-18-13-9-14(20-2)16(21-3)17(22-4)15(11)13/h9,11-12,18H,5-8,10H2,1-4H3/t11?,12-/m1/s1. The Morgan fingerprint density at radius 1 is 1.18 bits per heavy atom. The second-order valence-electron chi connectivity index (χ2n) is 6.20. The number of rotatable bonds is 5. The number of anilines is 1. The molecule has 122 valence electrons. The lowest BCUT2D eigenvalue weighted by Gasteiger charge is -2.24. The molecule has 5 nitrogen and oxygen atoms in total. The fourth-order valence-corrected chi connectivity index (χ4v) is 3.87. The van der Waals surface area contributed by atoms with E-state index in [0.717, 1.165) is 24.4 Å². The van der Waals surface area contributed by atoms with Crippen molar-refractivity contribution in [1.82, 2.24) is 4.90 Å². The minimum absolute atomic E-state index is 0.454. The molecule has 1 saturated heterocycles. The Morgan fingerprint density at radius 2 is 1.95 bits per heavy atom. The molecule has 0 aromatic heterocycles. The molecule has 1 aromatic carbocycles. The highest BCUT2D eigenvalue weighted by Crippen LogP contribution is 2.51. The Morgan fingerprint density at radius 3 is 2.55 bits per heavy atom. The summed E-state index contributed by atoms with van der Waals surface area (Å²) in [4.78, 5) is 2.48. The topological polar surface area (TPSA) is 43.0 Å². The molecule has 2 aliphatic rings. The van der Waals surface area contributed by atoms with Crippen LogP contribution in [0.15, 0.2) is 6.07 Å². The van der Waals surface area contributed by atoms with E-state index in [1.165, 1.54) is 24.9 Å². The quantitative estimate of drug-likeness (QED) is 0.906. The van der Waals surface area contributed by atoms with E-state index in [1.54, 1.807) is 21.3 Å². The third-order valence-electron chi connectivity index (χ3n) is 5.04. The summed E-state index contributed by atoms with van der Waals surface area (Å²) in [5.41, 5.74) is 2.35.